The zero-order chi connectivity index (χ0) is 24.5. The van der Waals surface area contributed by atoms with Crippen LogP contribution in [0.25, 0.3) is 6.08 Å². The predicted octanol–water partition coefficient (Wildman–Crippen LogP) is 5.68. The number of Topliss-reactive ketones (excluding diaryl/α,β-unsaturated/α-hetero) is 1. The highest BCUT2D eigenvalue weighted by atomic mass is 35.5. The molecule has 0 aliphatic carbocycles. The van der Waals surface area contributed by atoms with Crippen molar-refractivity contribution >= 4 is 23.5 Å². The molecule has 2 aliphatic heterocycles. The lowest BCUT2D eigenvalue weighted by atomic mass is 9.98. The van der Waals surface area contributed by atoms with Crippen molar-refractivity contribution in [1.82, 2.24) is 4.90 Å². The molecule has 6 nitrogen and oxygen atoms in total. The van der Waals surface area contributed by atoms with Crippen molar-refractivity contribution in [2.24, 2.45) is 0 Å². The van der Waals surface area contributed by atoms with Gasteiger partial charge in [0.1, 0.15) is 18.2 Å². The van der Waals surface area contributed by atoms with E-state index in [-0.39, 0.29) is 11.5 Å². The van der Waals surface area contributed by atoms with Gasteiger partial charge in [-0.05, 0) is 60.4 Å². The quantitative estimate of drug-likeness (QED) is 0.414. The normalized spacial score (nSPS) is 15.9. The molecule has 0 N–H and O–H groups in total. The number of hydrogen-bond donors (Lipinski definition) is 0. The first-order valence-electron chi connectivity index (χ1n) is 11.4. The van der Waals surface area contributed by atoms with Crippen LogP contribution in [0.1, 0.15) is 32.6 Å². The van der Waals surface area contributed by atoms with Crippen LogP contribution >= 0.6 is 11.6 Å². The molecule has 0 radical (unpaired) electrons. The monoisotopic (exact) mass is 491 g/mol. The van der Waals surface area contributed by atoms with Gasteiger partial charge >= 0.3 is 0 Å². The standard InChI is InChI=1S/C28H26ClNO5/c1-17-12-23-20(28-26(17)27(31)25(35-28)14-19-6-4-5-7-21(19)29)15-30(16-34-23)11-10-18-8-9-22(32-2)24(13-18)33-3/h4-9,12-14H,10-11,15-16H2,1-3H3/b25-14+. The smallest absolute Gasteiger partial charge is 0.232 e. The summed E-state index contributed by atoms with van der Waals surface area (Å²) in [5.74, 6) is 2.90. The number of benzene rings is 3. The number of nitrogens with zero attached hydrogens (tertiary/aromatic N) is 1. The molecule has 0 saturated carbocycles. The summed E-state index contributed by atoms with van der Waals surface area (Å²) in [5, 5.41) is 0.566. The highest BCUT2D eigenvalue weighted by molar-refractivity contribution is 6.32. The van der Waals surface area contributed by atoms with Gasteiger partial charge in [-0.25, -0.2) is 0 Å². The topological polar surface area (TPSA) is 57.2 Å². The van der Waals surface area contributed by atoms with E-state index in [0.29, 0.717) is 41.1 Å². The summed E-state index contributed by atoms with van der Waals surface area (Å²) in [6, 6.07) is 15.2. The van der Waals surface area contributed by atoms with Crippen LogP contribution in [0.3, 0.4) is 0 Å². The van der Waals surface area contributed by atoms with Crippen LogP contribution < -0.4 is 18.9 Å². The van der Waals surface area contributed by atoms with Gasteiger partial charge in [0, 0.05) is 18.1 Å². The SMILES string of the molecule is COc1ccc(CCN2COc3cc(C)c4c(c3C2)O/C(=C/c2ccccc2Cl)C4=O)cc1OC. The Morgan fingerprint density at radius 2 is 1.89 bits per heavy atom. The average molecular weight is 492 g/mol. The highest BCUT2D eigenvalue weighted by Crippen LogP contribution is 2.44. The lowest BCUT2D eigenvalue weighted by molar-refractivity contribution is 0.0949. The zero-order valence-corrected chi connectivity index (χ0v) is 20.6. The lowest BCUT2D eigenvalue weighted by Gasteiger charge is -2.30. The van der Waals surface area contributed by atoms with Gasteiger partial charge in [-0.3, -0.25) is 9.69 Å². The first-order chi connectivity index (χ1) is 17.0. The number of fused-ring (bicyclic) bond motifs is 3. The first kappa shape index (κ1) is 23.3. The molecule has 0 atom stereocenters. The van der Waals surface area contributed by atoms with Crippen LogP contribution in [0.5, 0.6) is 23.0 Å². The summed E-state index contributed by atoms with van der Waals surface area (Å²) in [5.41, 5.74) is 4.20. The van der Waals surface area contributed by atoms with Crippen molar-refractivity contribution in [2.75, 3.05) is 27.5 Å². The fraction of sp³-hybridized carbons (Fsp3) is 0.250. The zero-order valence-electron chi connectivity index (χ0n) is 19.9. The molecular weight excluding hydrogens is 466 g/mol. The van der Waals surface area contributed by atoms with Crippen LogP contribution in [0, 0.1) is 6.92 Å². The third-order valence-corrected chi connectivity index (χ3v) is 6.69. The van der Waals surface area contributed by atoms with E-state index < -0.39 is 0 Å². The molecule has 7 heteroatoms. The molecule has 0 unspecified atom stereocenters. The summed E-state index contributed by atoms with van der Waals surface area (Å²) in [7, 11) is 3.26. The molecule has 0 fully saturated rings. The molecule has 3 aromatic carbocycles. The van der Waals surface area contributed by atoms with Gasteiger partial charge in [0.15, 0.2) is 17.3 Å². The Labute approximate surface area is 209 Å². The second kappa shape index (κ2) is 9.64. The number of allylic oxidation sites excluding steroid dienone is 1. The number of carbonyl (C=O) groups is 1. The van der Waals surface area contributed by atoms with Crippen molar-refractivity contribution in [2.45, 2.75) is 19.9 Å². The van der Waals surface area contributed by atoms with Crippen molar-refractivity contribution < 1.29 is 23.7 Å². The van der Waals surface area contributed by atoms with E-state index in [1.165, 1.54) is 0 Å². The molecule has 0 saturated heterocycles. The minimum atomic E-state index is -0.136. The van der Waals surface area contributed by atoms with Gasteiger partial charge in [0.2, 0.25) is 5.78 Å². The summed E-state index contributed by atoms with van der Waals surface area (Å²) in [6.07, 6.45) is 2.51. The van der Waals surface area contributed by atoms with E-state index in [4.69, 9.17) is 30.5 Å². The molecular formula is C28H26ClNO5. The maximum absolute atomic E-state index is 13.2. The Balaban J connectivity index is 1.37. The van der Waals surface area contributed by atoms with Gasteiger partial charge < -0.3 is 18.9 Å². The molecule has 180 valence electrons. The number of ketones is 1. The molecule has 3 aromatic rings. The number of methoxy groups -OCH3 is 2. The lowest BCUT2D eigenvalue weighted by Crippen LogP contribution is -2.34. The van der Waals surface area contributed by atoms with E-state index >= 15 is 0 Å². The minimum Gasteiger partial charge on any atom is -0.493 e. The summed E-state index contributed by atoms with van der Waals surface area (Å²) in [6.45, 7) is 3.77. The number of aryl methyl sites for hydroxylation is 1. The van der Waals surface area contributed by atoms with Crippen LogP contribution in [0.4, 0.5) is 0 Å². The molecule has 2 aliphatic rings. The Kier molecular flexibility index (Phi) is 6.41. The van der Waals surface area contributed by atoms with Crippen molar-refractivity contribution in [1.29, 1.82) is 0 Å². The Morgan fingerprint density at radius 1 is 1.09 bits per heavy atom. The van der Waals surface area contributed by atoms with Crippen molar-refractivity contribution in [3.05, 3.63) is 87.1 Å². The van der Waals surface area contributed by atoms with Crippen molar-refractivity contribution in [3.63, 3.8) is 0 Å². The van der Waals surface area contributed by atoms with Gasteiger partial charge in [-0.15, -0.1) is 0 Å². The van der Waals surface area contributed by atoms with E-state index in [2.05, 4.69) is 4.90 Å². The molecule has 0 bridgehead atoms. The van der Waals surface area contributed by atoms with Crippen LogP contribution in [-0.4, -0.2) is 38.2 Å². The molecule has 0 amide bonds. The molecule has 0 spiro atoms. The van der Waals surface area contributed by atoms with Crippen LogP contribution in [-0.2, 0) is 13.0 Å². The number of halogens is 1. The third kappa shape index (κ3) is 4.47. The van der Waals surface area contributed by atoms with Gasteiger partial charge in [0.05, 0.1) is 25.3 Å². The number of rotatable bonds is 6. The average Bonchev–Trinajstić information content (AvgIpc) is 3.20. The van der Waals surface area contributed by atoms with Crippen LogP contribution in [0.15, 0.2) is 54.3 Å². The summed E-state index contributed by atoms with van der Waals surface area (Å²) >= 11 is 6.30. The number of hydrogen-bond acceptors (Lipinski definition) is 6. The van der Waals surface area contributed by atoms with Gasteiger partial charge in [0.25, 0.3) is 0 Å². The summed E-state index contributed by atoms with van der Waals surface area (Å²) in [4.78, 5) is 15.4. The van der Waals surface area contributed by atoms with E-state index in [0.717, 1.165) is 41.0 Å². The molecule has 2 heterocycles. The second-order valence-electron chi connectivity index (χ2n) is 8.60. The largest absolute Gasteiger partial charge is 0.493 e. The molecule has 35 heavy (non-hydrogen) atoms. The van der Waals surface area contributed by atoms with Crippen molar-refractivity contribution in [3.8, 4) is 23.0 Å². The first-order valence-corrected chi connectivity index (χ1v) is 11.8. The Morgan fingerprint density at radius 3 is 2.66 bits per heavy atom. The number of carbonyl (C=O) groups excluding carboxylic acids is 1. The highest BCUT2D eigenvalue weighted by Gasteiger charge is 2.35. The van der Waals surface area contributed by atoms with E-state index in [9.17, 15) is 4.79 Å². The maximum Gasteiger partial charge on any atom is 0.232 e. The Bertz CT molecular complexity index is 1330. The van der Waals surface area contributed by atoms with Gasteiger partial charge in [-0.2, -0.15) is 0 Å². The second-order valence-corrected chi connectivity index (χ2v) is 9.01. The third-order valence-electron chi connectivity index (χ3n) is 6.34. The van der Waals surface area contributed by atoms with E-state index in [1.807, 2.05) is 49.4 Å². The molecule has 0 aromatic heterocycles. The minimum absolute atomic E-state index is 0.136. The molecule has 5 rings (SSSR count). The van der Waals surface area contributed by atoms with Gasteiger partial charge in [-0.1, -0.05) is 35.9 Å². The van der Waals surface area contributed by atoms with Crippen LogP contribution in [0.2, 0.25) is 5.02 Å². The number of ether oxygens (including phenoxy) is 4. The van der Waals surface area contributed by atoms with E-state index in [1.54, 1.807) is 26.4 Å². The summed E-state index contributed by atoms with van der Waals surface area (Å²) < 4.78 is 23.0. The fourth-order valence-electron chi connectivity index (χ4n) is 4.48. The Hall–Kier alpha value is -3.48. The predicted molar refractivity (Wildman–Crippen MR) is 135 cm³/mol. The fourth-order valence-corrected chi connectivity index (χ4v) is 4.67. The maximum atomic E-state index is 13.2.